The fourth-order valence-electron chi connectivity index (χ4n) is 4.43. The van der Waals surface area contributed by atoms with Gasteiger partial charge in [0.15, 0.2) is 5.41 Å². The van der Waals surface area contributed by atoms with Crippen LogP contribution in [0.4, 0.5) is 5.69 Å². The summed E-state index contributed by atoms with van der Waals surface area (Å²) in [5.41, 5.74) is -1.14. The van der Waals surface area contributed by atoms with Gasteiger partial charge in [0.25, 0.3) is 0 Å². The van der Waals surface area contributed by atoms with Gasteiger partial charge in [0.2, 0.25) is 17.7 Å². The van der Waals surface area contributed by atoms with Gasteiger partial charge in [-0.15, -0.1) is 0 Å². The number of ether oxygens (including phenoxy) is 2. The molecule has 2 heterocycles. The Kier molecular flexibility index (Phi) is 5.89. The second kappa shape index (κ2) is 8.43. The Morgan fingerprint density at radius 3 is 2.44 bits per heavy atom. The van der Waals surface area contributed by atoms with Crippen molar-refractivity contribution in [1.29, 1.82) is 0 Å². The van der Waals surface area contributed by atoms with Gasteiger partial charge in [-0.05, 0) is 56.7 Å². The zero-order valence-corrected chi connectivity index (χ0v) is 20.1. The fourth-order valence-corrected chi connectivity index (χ4v) is 4.60. The molecule has 34 heavy (non-hydrogen) atoms. The van der Waals surface area contributed by atoms with Gasteiger partial charge in [0.1, 0.15) is 17.9 Å². The number of hydrogen-bond acceptors (Lipinski definition) is 6. The second-order valence-electron chi connectivity index (χ2n) is 9.36. The first-order chi connectivity index (χ1) is 16.0. The molecule has 2 aromatic rings. The number of likely N-dealkylation sites (tertiary alicyclic amines) is 1. The molecule has 1 atom stereocenters. The molecule has 1 saturated heterocycles. The first kappa shape index (κ1) is 23.8. The number of fused-ring (bicyclic) bond motifs is 2. The Morgan fingerprint density at radius 1 is 1.06 bits per heavy atom. The molecule has 1 spiro atoms. The highest BCUT2D eigenvalue weighted by Crippen LogP contribution is 2.49. The van der Waals surface area contributed by atoms with E-state index >= 15 is 0 Å². The summed E-state index contributed by atoms with van der Waals surface area (Å²) in [6, 6.07) is 11.7. The summed E-state index contributed by atoms with van der Waals surface area (Å²) in [6.45, 7) is 4.78. The van der Waals surface area contributed by atoms with Gasteiger partial charge in [-0.2, -0.15) is 0 Å². The normalized spacial score (nSPS) is 19.7. The number of methoxy groups -OCH3 is 1. The quantitative estimate of drug-likeness (QED) is 0.367. The average Bonchev–Trinajstić information content (AvgIpc) is 3.13. The van der Waals surface area contributed by atoms with Gasteiger partial charge in [-0.25, -0.2) is 0 Å². The molecule has 0 saturated carbocycles. The highest BCUT2D eigenvalue weighted by molar-refractivity contribution is 6.32. The number of carbonyl (C=O) groups excluding carboxylic acids is 4. The maximum absolute atomic E-state index is 13.7. The van der Waals surface area contributed by atoms with E-state index in [0.717, 1.165) is 4.90 Å². The van der Waals surface area contributed by atoms with Crippen molar-refractivity contribution in [3.8, 4) is 5.75 Å². The zero-order chi connectivity index (χ0) is 24.8. The van der Waals surface area contributed by atoms with Crippen molar-refractivity contribution in [2.75, 3.05) is 18.6 Å². The highest BCUT2D eigenvalue weighted by atomic mass is 35.5. The number of anilines is 1. The minimum Gasteiger partial charge on any atom is -0.497 e. The molecule has 0 aliphatic carbocycles. The van der Waals surface area contributed by atoms with E-state index in [0.29, 0.717) is 27.6 Å². The molecule has 9 heteroatoms. The molecule has 0 radical (unpaired) electrons. The van der Waals surface area contributed by atoms with Crippen molar-refractivity contribution in [2.24, 2.45) is 0 Å². The maximum Gasteiger partial charge on any atom is 0.326 e. The van der Waals surface area contributed by atoms with Crippen molar-refractivity contribution in [1.82, 2.24) is 4.90 Å². The van der Waals surface area contributed by atoms with Crippen LogP contribution < -0.4 is 9.64 Å². The molecule has 0 aromatic heterocycles. The third-order valence-electron chi connectivity index (χ3n) is 5.83. The van der Waals surface area contributed by atoms with E-state index < -0.39 is 34.7 Å². The van der Waals surface area contributed by atoms with E-state index in [4.69, 9.17) is 21.1 Å². The van der Waals surface area contributed by atoms with Crippen LogP contribution in [0.25, 0.3) is 0 Å². The van der Waals surface area contributed by atoms with Gasteiger partial charge in [-0.1, -0.05) is 23.7 Å². The third-order valence-corrected chi connectivity index (χ3v) is 6.06. The average molecular weight is 485 g/mol. The molecule has 1 unspecified atom stereocenters. The number of esters is 1. The first-order valence-electron chi connectivity index (χ1n) is 10.8. The smallest absolute Gasteiger partial charge is 0.326 e. The minimum atomic E-state index is -1.77. The number of benzene rings is 2. The first-order valence-corrected chi connectivity index (χ1v) is 11.2. The van der Waals surface area contributed by atoms with Crippen molar-refractivity contribution in [3.63, 3.8) is 0 Å². The van der Waals surface area contributed by atoms with Gasteiger partial charge >= 0.3 is 5.97 Å². The van der Waals surface area contributed by atoms with Crippen LogP contribution in [0.1, 0.15) is 38.3 Å². The Bertz CT molecular complexity index is 1200. The van der Waals surface area contributed by atoms with Crippen molar-refractivity contribution in [3.05, 3.63) is 58.6 Å². The second-order valence-corrected chi connectivity index (χ2v) is 9.79. The maximum atomic E-state index is 13.7. The molecule has 0 bridgehead atoms. The minimum absolute atomic E-state index is 0.00807. The molecule has 2 aliphatic rings. The largest absolute Gasteiger partial charge is 0.497 e. The van der Waals surface area contributed by atoms with Gasteiger partial charge in [-0.3, -0.25) is 29.0 Å². The molecule has 2 aliphatic heterocycles. The van der Waals surface area contributed by atoms with Gasteiger partial charge < -0.3 is 9.47 Å². The van der Waals surface area contributed by atoms with Crippen LogP contribution in [0.5, 0.6) is 5.75 Å². The van der Waals surface area contributed by atoms with Crippen LogP contribution in [0, 0.1) is 0 Å². The lowest BCUT2D eigenvalue weighted by Crippen LogP contribution is -2.48. The lowest BCUT2D eigenvalue weighted by molar-refractivity contribution is -0.154. The van der Waals surface area contributed by atoms with E-state index in [9.17, 15) is 19.2 Å². The number of imide groups is 1. The summed E-state index contributed by atoms with van der Waals surface area (Å²) in [6.07, 6.45) is -0.340. The fraction of sp³-hybridized carbons (Fsp3) is 0.360. The van der Waals surface area contributed by atoms with E-state index in [1.54, 1.807) is 57.2 Å². The monoisotopic (exact) mass is 484 g/mol. The van der Waals surface area contributed by atoms with Crippen LogP contribution in [0.15, 0.2) is 42.5 Å². The summed E-state index contributed by atoms with van der Waals surface area (Å²) in [5.74, 6) is -1.79. The van der Waals surface area contributed by atoms with E-state index in [-0.39, 0.29) is 19.5 Å². The Labute approximate surface area is 202 Å². The molecule has 4 rings (SSSR count). The number of rotatable bonds is 5. The summed E-state index contributed by atoms with van der Waals surface area (Å²) in [5, 5.41) is 0.316. The molecule has 1 fully saturated rings. The summed E-state index contributed by atoms with van der Waals surface area (Å²) in [4.78, 5) is 55.3. The molecule has 3 amide bonds. The van der Waals surface area contributed by atoms with Crippen molar-refractivity contribution < 1.29 is 28.7 Å². The van der Waals surface area contributed by atoms with Crippen LogP contribution in [0.3, 0.4) is 0 Å². The van der Waals surface area contributed by atoms with Crippen LogP contribution in [-0.4, -0.2) is 47.8 Å². The zero-order valence-electron chi connectivity index (χ0n) is 19.4. The Morgan fingerprint density at radius 2 is 1.76 bits per heavy atom. The lowest BCUT2D eigenvalue weighted by Gasteiger charge is -2.24. The van der Waals surface area contributed by atoms with Crippen LogP contribution in [0.2, 0.25) is 5.02 Å². The number of hydrogen-bond donors (Lipinski definition) is 0. The Hall–Kier alpha value is -3.39. The van der Waals surface area contributed by atoms with E-state index in [2.05, 4.69) is 0 Å². The Balaban J connectivity index is 1.70. The van der Waals surface area contributed by atoms with Crippen LogP contribution >= 0.6 is 11.6 Å². The topological polar surface area (TPSA) is 93.2 Å². The summed E-state index contributed by atoms with van der Waals surface area (Å²) in [7, 11) is 1.53. The number of halogens is 1. The predicted molar refractivity (Wildman–Crippen MR) is 124 cm³/mol. The van der Waals surface area contributed by atoms with Crippen LogP contribution in [-0.2, 0) is 35.9 Å². The molecular formula is C25H25ClN2O6. The molecule has 2 aromatic carbocycles. The lowest BCUT2D eigenvalue weighted by atomic mass is 9.80. The van der Waals surface area contributed by atoms with E-state index in [1.807, 2.05) is 0 Å². The highest BCUT2D eigenvalue weighted by Gasteiger charge is 2.64. The van der Waals surface area contributed by atoms with E-state index in [1.165, 1.54) is 18.1 Å². The van der Waals surface area contributed by atoms with Crippen molar-refractivity contribution in [2.45, 2.75) is 44.8 Å². The summed E-state index contributed by atoms with van der Waals surface area (Å²) < 4.78 is 10.6. The SMILES string of the molecule is COc1cccc(CN2C(=O)CC3(C2=O)C(=O)N(CC(=O)OC(C)(C)C)c2ccc(Cl)cc23)c1. The molecule has 178 valence electrons. The van der Waals surface area contributed by atoms with Gasteiger partial charge in [0.05, 0.1) is 20.1 Å². The number of nitrogens with zero attached hydrogens (tertiary/aromatic N) is 2. The number of amides is 3. The van der Waals surface area contributed by atoms with Gasteiger partial charge in [0, 0.05) is 16.3 Å². The number of carbonyl (C=O) groups is 4. The molecule has 0 N–H and O–H groups in total. The van der Waals surface area contributed by atoms with Crippen molar-refractivity contribution >= 4 is 41.0 Å². The summed E-state index contributed by atoms with van der Waals surface area (Å²) >= 11 is 6.21. The third kappa shape index (κ3) is 4.03. The molecule has 8 nitrogen and oxygen atoms in total. The predicted octanol–water partition coefficient (Wildman–Crippen LogP) is 3.23. The standard InChI is InChI=1S/C25H25ClN2O6/c1-24(2,3)34-21(30)14-27-19-9-8-16(26)11-18(19)25(22(27)31)12-20(29)28(23(25)32)13-15-6-5-7-17(10-15)33-4/h5-11H,12-14H2,1-4H3. The molecular weight excluding hydrogens is 460 g/mol.